The largest absolute Gasteiger partial charge is 0.463 e. The summed E-state index contributed by atoms with van der Waals surface area (Å²) in [6.45, 7) is 7.58. The number of ether oxygens (including phenoxy) is 3. The van der Waals surface area contributed by atoms with Crippen LogP contribution >= 0.6 is 0 Å². The molecule has 5 nitrogen and oxygen atoms in total. The van der Waals surface area contributed by atoms with Gasteiger partial charge in [0.05, 0.1) is 0 Å². The second kappa shape index (κ2) is 52.9. The molecule has 0 spiro atoms. The first kappa shape index (κ1) is 59.6. The van der Waals surface area contributed by atoms with Crippen molar-refractivity contribution >= 4 is 11.9 Å². The molecule has 0 aromatic rings. The summed E-state index contributed by atoms with van der Waals surface area (Å²) in [7, 11) is 0. The fourth-order valence-corrected chi connectivity index (χ4v) is 7.53. The van der Waals surface area contributed by atoms with Crippen LogP contribution < -0.4 is 0 Å². The highest BCUT2D eigenvalue weighted by Gasteiger charge is 2.16. The first-order valence-electron chi connectivity index (χ1n) is 26.8. The van der Waals surface area contributed by atoms with Gasteiger partial charge < -0.3 is 14.2 Å². The van der Waals surface area contributed by atoms with E-state index in [0.717, 1.165) is 70.6 Å². The number of carbonyl (C=O) groups is 2. The number of unbranched alkanes of at least 4 members (excludes halogenated alkanes) is 28. The lowest BCUT2D eigenvalue weighted by atomic mass is 10.0. The van der Waals surface area contributed by atoms with Crippen LogP contribution in [0.3, 0.4) is 0 Å². The Morgan fingerprint density at radius 3 is 1.10 bits per heavy atom. The van der Waals surface area contributed by atoms with Gasteiger partial charge in [0.1, 0.15) is 19.3 Å². The molecule has 0 bridgehead atoms. The summed E-state index contributed by atoms with van der Waals surface area (Å²) in [6, 6.07) is 0. The number of hydrogen-bond donors (Lipinski definition) is 0. The number of rotatable bonds is 49. The molecule has 62 heavy (non-hydrogen) atoms. The maximum absolute atomic E-state index is 12.6. The van der Waals surface area contributed by atoms with Gasteiger partial charge in [-0.25, -0.2) is 0 Å². The molecule has 0 saturated carbocycles. The molecule has 0 rings (SSSR count). The summed E-state index contributed by atoms with van der Waals surface area (Å²) in [4.78, 5) is 25.2. The van der Waals surface area contributed by atoms with Crippen LogP contribution in [0.2, 0.25) is 0 Å². The van der Waals surface area contributed by atoms with Gasteiger partial charge in [-0.15, -0.1) is 0 Å². The minimum atomic E-state index is -0.417. The first-order chi connectivity index (χ1) is 30.6. The van der Waals surface area contributed by atoms with Crippen LogP contribution in [0.5, 0.6) is 0 Å². The van der Waals surface area contributed by atoms with Crippen LogP contribution in [-0.2, 0) is 23.8 Å². The zero-order valence-corrected chi connectivity index (χ0v) is 41.4. The second-order valence-corrected chi connectivity index (χ2v) is 17.7. The summed E-state index contributed by atoms with van der Waals surface area (Å²) in [5.74, 6) is -0.378. The van der Waals surface area contributed by atoms with Gasteiger partial charge in [0.25, 0.3) is 0 Å². The van der Waals surface area contributed by atoms with Crippen molar-refractivity contribution in [3.05, 3.63) is 60.8 Å². The van der Waals surface area contributed by atoms with Gasteiger partial charge in [-0.1, -0.05) is 229 Å². The molecule has 0 unspecified atom stereocenters. The molecule has 0 heterocycles. The third-order valence-corrected chi connectivity index (χ3v) is 11.6. The van der Waals surface area contributed by atoms with Gasteiger partial charge in [-0.05, 0) is 83.5 Å². The second-order valence-electron chi connectivity index (χ2n) is 17.7. The molecule has 0 radical (unpaired) electrons. The van der Waals surface area contributed by atoms with Gasteiger partial charge >= 0.3 is 11.9 Å². The third-order valence-electron chi connectivity index (χ3n) is 11.6. The normalized spacial score (nSPS) is 12.6. The molecule has 0 aromatic heterocycles. The number of allylic oxidation sites excluding steroid dienone is 10. The standard InChI is InChI=1S/C57H102O5/c1-4-7-10-13-16-19-22-25-28-31-34-37-40-43-46-49-52-60-55(53-61-56(58)50-47-44-41-38-35-32-29-26-23-20-17-14-11-8-5-2)54-62-57(59)51-48-45-42-39-36-33-30-27-24-21-18-15-12-9-6-3/h8,11,17,20-21,24,26,29,35,38,55H,4-7,9-10,12-16,18-19,22-23,25,27-28,30-34,36-37,39-54H2,1-3H3/b11-8-,20-17-,24-21-,29-26-,38-35-/t55-/m1/s1. The van der Waals surface area contributed by atoms with Crippen molar-refractivity contribution in [3.8, 4) is 0 Å². The van der Waals surface area contributed by atoms with Gasteiger partial charge in [-0.2, -0.15) is 0 Å². The van der Waals surface area contributed by atoms with Gasteiger partial charge in [0.2, 0.25) is 0 Å². The molecule has 0 fully saturated rings. The van der Waals surface area contributed by atoms with Gasteiger partial charge in [0, 0.05) is 19.4 Å². The Bertz CT molecular complexity index is 1070. The Morgan fingerprint density at radius 1 is 0.355 bits per heavy atom. The summed E-state index contributed by atoms with van der Waals surface area (Å²) < 4.78 is 17.4. The molecular formula is C57H102O5. The topological polar surface area (TPSA) is 61.8 Å². The molecule has 0 aliphatic heterocycles. The van der Waals surface area contributed by atoms with E-state index in [2.05, 4.69) is 81.5 Å². The van der Waals surface area contributed by atoms with Crippen molar-refractivity contribution in [2.45, 2.75) is 271 Å². The first-order valence-corrected chi connectivity index (χ1v) is 26.8. The van der Waals surface area contributed by atoms with Crippen molar-refractivity contribution in [1.29, 1.82) is 0 Å². The van der Waals surface area contributed by atoms with Crippen LogP contribution in [0.15, 0.2) is 60.8 Å². The number of esters is 2. The predicted molar refractivity (Wildman–Crippen MR) is 270 cm³/mol. The molecule has 0 N–H and O–H groups in total. The number of hydrogen-bond acceptors (Lipinski definition) is 5. The smallest absolute Gasteiger partial charge is 0.305 e. The van der Waals surface area contributed by atoms with Crippen LogP contribution in [0.1, 0.15) is 265 Å². The summed E-state index contributed by atoms with van der Waals surface area (Å²) >= 11 is 0. The van der Waals surface area contributed by atoms with Crippen LogP contribution in [0.25, 0.3) is 0 Å². The van der Waals surface area contributed by atoms with E-state index in [4.69, 9.17) is 14.2 Å². The molecule has 360 valence electrons. The van der Waals surface area contributed by atoms with Crippen molar-refractivity contribution in [2.75, 3.05) is 19.8 Å². The van der Waals surface area contributed by atoms with E-state index in [1.807, 2.05) is 0 Å². The Kier molecular flexibility index (Phi) is 50.9. The lowest BCUT2D eigenvalue weighted by molar-refractivity contribution is -0.155. The molecule has 0 amide bonds. The predicted octanol–water partition coefficient (Wildman–Crippen LogP) is 18.1. The summed E-state index contributed by atoms with van der Waals surface area (Å²) in [5, 5.41) is 0. The maximum Gasteiger partial charge on any atom is 0.305 e. The van der Waals surface area contributed by atoms with Crippen LogP contribution in [0, 0.1) is 0 Å². The SMILES string of the molecule is CC/C=C\C/C=C\C/C=C\C/C=C\CCCCC(=O)OC[C@H](COC(=O)CCCCCCCCC/C=C\CCCCCC)OCCCCCCCCCCCCCCCCCC. The zero-order chi connectivity index (χ0) is 44.9. The molecule has 0 saturated heterocycles. The van der Waals surface area contributed by atoms with Crippen molar-refractivity contribution in [2.24, 2.45) is 0 Å². The third kappa shape index (κ3) is 50.2. The van der Waals surface area contributed by atoms with Crippen LogP contribution in [0.4, 0.5) is 0 Å². The fraction of sp³-hybridized carbons (Fsp3) is 0.789. The number of carbonyl (C=O) groups excluding carboxylic acids is 2. The van der Waals surface area contributed by atoms with E-state index in [-0.39, 0.29) is 25.2 Å². The van der Waals surface area contributed by atoms with E-state index in [1.165, 1.54) is 161 Å². The van der Waals surface area contributed by atoms with E-state index in [0.29, 0.717) is 19.4 Å². The molecule has 0 aromatic carbocycles. The van der Waals surface area contributed by atoms with E-state index < -0.39 is 6.10 Å². The van der Waals surface area contributed by atoms with Crippen molar-refractivity contribution < 1.29 is 23.8 Å². The van der Waals surface area contributed by atoms with Crippen molar-refractivity contribution in [1.82, 2.24) is 0 Å². The highest BCUT2D eigenvalue weighted by atomic mass is 16.6. The highest BCUT2D eigenvalue weighted by molar-refractivity contribution is 5.69. The Morgan fingerprint density at radius 2 is 0.661 bits per heavy atom. The van der Waals surface area contributed by atoms with E-state index >= 15 is 0 Å². The van der Waals surface area contributed by atoms with Crippen molar-refractivity contribution in [3.63, 3.8) is 0 Å². The van der Waals surface area contributed by atoms with E-state index in [9.17, 15) is 9.59 Å². The monoisotopic (exact) mass is 867 g/mol. The quantitative estimate of drug-likeness (QED) is 0.0346. The van der Waals surface area contributed by atoms with Crippen LogP contribution in [-0.4, -0.2) is 37.9 Å². The Balaban J connectivity index is 4.31. The minimum Gasteiger partial charge on any atom is -0.463 e. The minimum absolute atomic E-state index is 0.136. The molecule has 0 aliphatic rings. The highest BCUT2D eigenvalue weighted by Crippen LogP contribution is 2.15. The lowest BCUT2D eigenvalue weighted by Crippen LogP contribution is -2.29. The average molecular weight is 867 g/mol. The summed E-state index contributed by atoms with van der Waals surface area (Å²) in [5.41, 5.74) is 0. The molecule has 1 atom stereocenters. The maximum atomic E-state index is 12.6. The van der Waals surface area contributed by atoms with Gasteiger partial charge in [-0.3, -0.25) is 9.59 Å². The molecule has 5 heteroatoms. The Hall–Kier alpha value is -2.40. The average Bonchev–Trinajstić information content (AvgIpc) is 3.28. The molecule has 0 aliphatic carbocycles. The zero-order valence-electron chi connectivity index (χ0n) is 41.4. The lowest BCUT2D eigenvalue weighted by Gasteiger charge is -2.18. The molecular weight excluding hydrogens is 765 g/mol. The fourth-order valence-electron chi connectivity index (χ4n) is 7.53. The summed E-state index contributed by atoms with van der Waals surface area (Å²) in [6.07, 6.45) is 66.8. The van der Waals surface area contributed by atoms with Gasteiger partial charge in [0.15, 0.2) is 0 Å². The Labute approximate surface area is 385 Å². The van der Waals surface area contributed by atoms with E-state index in [1.54, 1.807) is 0 Å².